The minimum Gasteiger partial charge on any atom is -0.467 e. The third-order valence-electron chi connectivity index (χ3n) is 8.89. The number of halogens is 3. The molecular weight excluding hydrogens is 471 g/mol. The number of benzene rings is 2. The van der Waals surface area contributed by atoms with Gasteiger partial charge in [0.25, 0.3) is 0 Å². The number of fused-ring (bicyclic) bond motifs is 2. The Hall–Kier alpha value is -3.30. The van der Waals surface area contributed by atoms with Crippen molar-refractivity contribution in [2.45, 2.75) is 54.5 Å². The van der Waals surface area contributed by atoms with Gasteiger partial charge in [0.1, 0.15) is 16.9 Å². The van der Waals surface area contributed by atoms with Gasteiger partial charge in [0.05, 0.1) is 36.1 Å². The average Bonchev–Trinajstić information content (AvgIpc) is 3.57. The molecule has 1 spiro atoms. The van der Waals surface area contributed by atoms with Gasteiger partial charge in [-0.25, -0.2) is 0 Å². The van der Waals surface area contributed by atoms with Gasteiger partial charge in [-0.3, -0.25) is 9.69 Å². The number of piperazine rings is 1. The van der Waals surface area contributed by atoms with Crippen LogP contribution in [0.5, 0.6) is 0 Å². The number of furan rings is 1. The van der Waals surface area contributed by atoms with Crippen LogP contribution in [0.4, 0.5) is 18.9 Å². The van der Waals surface area contributed by atoms with Gasteiger partial charge in [0.15, 0.2) is 0 Å². The smallest absolute Gasteiger partial charge is 0.416 e. The van der Waals surface area contributed by atoms with Crippen molar-refractivity contribution in [2.75, 3.05) is 11.9 Å². The van der Waals surface area contributed by atoms with E-state index in [1.54, 1.807) is 17.2 Å². The number of rotatable bonds is 3. The molecule has 4 saturated heterocycles. The summed E-state index contributed by atoms with van der Waals surface area (Å²) >= 11 is 0. The molecule has 0 radical (unpaired) electrons. The van der Waals surface area contributed by atoms with E-state index < -0.39 is 28.9 Å². The zero-order chi connectivity index (χ0) is 24.4. The van der Waals surface area contributed by atoms with Crippen molar-refractivity contribution in [3.63, 3.8) is 0 Å². The zero-order valence-electron chi connectivity index (χ0n) is 19.0. The minimum absolute atomic E-state index is 0.0731. The number of alkyl halides is 3. The van der Waals surface area contributed by atoms with E-state index in [1.807, 2.05) is 30.3 Å². The highest BCUT2D eigenvalue weighted by molar-refractivity contribution is 5.85. The Balaban J connectivity index is 1.23. The van der Waals surface area contributed by atoms with Crippen LogP contribution in [0.2, 0.25) is 0 Å². The summed E-state index contributed by atoms with van der Waals surface area (Å²) in [5.41, 5.74) is 0.544. The van der Waals surface area contributed by atoms with E-state index in [4.69, 9.17) is 9.15 Å². The molecule has 5 aliphatic rings. The molecule has 1 amide bonds. The number of carbonyl (C=O) groups is 1. The summed E-state index contributed by atoms with van der Waals surface area (Å²) in [6, 6.07) is 16.6. The number of para-hydroxylation sites is 1. The molecule has 0 bridgehead atoms. The van der Waals surface area contributed by atoms with Crippen LogP contribution >= 0.6 is 0 Å². The van der Waals surface area contributed by atoms with Gasteiger partial charge < -0.3 is 19.4 Å². The molecule has 0 saturated carbocycles. The molecule has 9 heteroatoms. The zero-order valence-corrected chi connectivity index (χ0v) is 19.0. The first kappa shape index (κ1) is 20.8. The van der Waals surface area contributed by atoms with Crippen molar-refractivity contribution in [1.82, 2.24) is 9.80 Å². The van der Waals surface area contributed by atoms with Crippen molar-refractivity contribution < 1.29 is 27.1 Å². The number of hydrogen-bond donors (Lipinski definition) is 1. The highest BCUT2D eigenvalue weighted by Gasteiger charge is 2.88. The van der Waals surface area contributed by atoms with E-state index in [9.17, 15) is 18.0 Å². The number of ether oxygens (including phenoxy) is 1. The molecule has 4 unspecified atom stereocenters. The van der Waals surface area contributed by atoms with Crippen molar-refractivity contribution in [1.29, 1.82) is 0 Å². The first-order chi connectivity index (χ1) is 17.4. The summed E-state index contributed by atoms with van der Waals surface area (Å²) in [5.74, 6) is 0.724. The largest absolute Gasteiger partial charge is 0.467 e. The van der Waals surface area contributed by atoms with Crippen molar-refractivity contribution in [2.24, 2.45) is 0 Å². The summed E-state index contributed by atoms with van der Waals surface area (Å²) in [5, 5.41) is 3.68. The van der Waals surface area contributed by atoms with Crippen LogP contribution in [0.15, 0.2) is 71.3 Å². The molecule has 6 heterocycles. The highest BCUT2D eigenvalue weighted by Crippen LogP contribution is 2.74. The first-order valence-corrected chi connectivity index (χ1v) is 12.2. The Kier molecular flexibility index (Phi) is 3.78. The van der Waals surface area contributed by atoms with E-state index in [0.29, 0.717) is 18.5 Å². The molecule has 5 aliphatic heterocycles. The average molecular weight is 493 g/mol. The monoisotopic (exact) mass is 493 g/mol. The maximum Gasteiger partial charge on any atom is 0.416 e. The van der Waals surface area contributed by atoms with Crippen LogP contribution in [-0.4, -0.2) is 46.5 Å². The van der Waals surface area contributed by atoms with E-state index in [-0.39, 0.29) is 30.6 Å². The number of amides is 1. The lowest BCUT2D eigenvalue weighted by Crippen LogP contribution is -2.70. The quantitative estimate of drug-likeness (QED) is 0.596. The SMILES string of the molecule is O=C1[C@@H]2CC3OC45c6ccccc6N[C@@H]4C(CN1Cc1cccc(C(F)(F)F)c1)N2C35c1ccco1. The van der Waals surface area contributed by atoms with E-state index in [0.717, 1.165) is 29.1 Å². The summed E-state index contributed by atoms with van der Waals surface area (Å²) in [6.45, 7) is 0.521. The fourth-order valence-electron chi connectivity index (χ4n) is 7.80. The summed E-state index contributed by atoms with van der Waals surface area (Å²) in [7, 11) is 0. The molecule has 3 aromatic rings. The molecule has 2 aromatic carbocycles. The lowest BCUT2D eigenvalue weighted by Gasteiger charge is -2.58. The second-order valence-electron chi connectivity index (χ2n) is 10.4. The number of anilines is 1. The molecule has 4 fully saturated rings. The van der Waals surface area contributed by atoms with Crippen LogP contribution in [-0.2, 0) is 33.4 Å². The topological polar surface area (TPSA) is 58.0 Å². The van der Waals surface area contributed by atoms with Crippen molar-refractivity contribution >= 4 is 11.6 Å². The molecule has 6 nitrogen and oxygen atoms in total. The maximum absolute atomic E-state index is 13.8. The van der Waals surface area contributed by atoms with Gasteiger partial charge in [0, 0.05) is 30.8 Å². The fraction of sp³-hybridized carbons (Fsp3) is 0.370. The lowest BCUT2D eigenvalue weighted by molar-refractivity contribution is -0.292. The second-order valence-corrected chi connectivity index (χ2v) is 10.4. The predicted octanol–water partition coefficient (Wildman–Crippen LogP) is 4.08. The molecule has 8 rings (SSSR count). The maximum atomic E-state index is 13.8. The minimum atomic E-state index is -4.43. The Morgan fingerprint density at radius 1 is 1.08 bits per heavy atom. The van der Waals surface area contributed by atoms with Crippen LogP contribution in [0.3, 0.4) is 0 Å². The predicted molar refractivity (Wildman–Crippen MR) is 122 cm³/mol. The van der Waals surface area contributed by atoms with Gasteiger partial charge in [-0.1, -0.05) is 30.3 Å². The molecule has 0 aliphatic carbocycles. The van der Waals surface area contributed by atoms with Gasteiger partial charge in [0.2, 0.25) is 5.91 Å². The van der Waals surface area contributed by atoms with E-state index >= 15 is 0 Å². The normalized spacial score (nSPS) is 35.8. The number of nitrogens with zero attached hydrogens (tertiary/aromatic N) is 2. The summed E-state index contributed by atoms with van der Waals surface area (Å²) in [6.07, 6.45) is -2.46. The molecule has 6 atom stereocenters. The van der Waals surface area contributed by atoms with Crippen molar-refractivity contribution in [3.05, 3.63) is 89.4 Å². The van der Waals surface area contributed by atoms with Crippen LogP contribution in [0, 0.1) is 0 Å². The third-order valence-corrected chi connectivity index (χ3v) is 8.89. The lowest BCUT2D eigenvalue weighted by atomic mass is 9.65. The Labute approximate surface area is 204 Å². The summed E-state index contributed by atoms with van der Waals surface area (Å²) < 4.78 is 52.7. The number of hydrogen-bond acceptors (Lipinski definition) is 5. The standard InChI is InChI=1S/C27H22F3N3O3/c28-27(29,30)16-6-3-5-15(11-16)13-32-14-20-23-26(17-7-1-2-8-18(17)31-23)25(21-9-4-10-35-21)22(36-26)12-19(24(32)34)33(20)25/h1-11,19-20,22-23,31H,12-14H2/t19-,20?,22?,23+,25?,26?/m0/s1. The fourth-order valence-corrected chi connectivity index (χ4v) is 7.80. The van der Waals surface area contributed by atoms with Crippen LogP contribution in [0.25, 0.3) is 0 Å². The van der Waals surface area contributed by atoms with Gasteiger partial charge >= 0.3 is 6.18 Å². The highest BCUT2D eigenvalue weighted by atomic mass is 19.4. The van der Waals surface area contributed by atoms with Crippen LogP contribution < -0.4 is 5.32 Å². The summed E-state index contributed by atoms with van der Waals surface area (Å²) in [4.78, 5) is 17.8. The van der Waals surface area contributed by atoms with Gasteiger partial charge in [-0.15, -0.1) is 0 Å². The number of carbonyl (C=O) groups excluding carboxylic acids is 1. The Morgan fingerprint density at radius 2 is 1.94 bits per heavy atom. The molecular formula is C27H22F3N3O3. The van der Waals surface area contributed by atoms with E-state index in [1.165, 1.54) is 6.07 Å². The third kappa shape index (κ3) is 2.21. The molecule has 1 N–H and O–H groups in total. The molecule has 1 aromatic heterocycles. The second kappa shape index (κ2) is 6.52. The Morgan fingerprint density at radius 3 is 2.75 bits per heavy atom. The molecule has 36 heavy (non-hydrogen) atoms. The van der Waals surface area contributed by atoms with Gasteiger partial charge in [-0.2, -0.15) is 13.2 Å². The number of nitrogens with one attached hydrogen (secondary N) is 1. The Bertz CT molecular complexity index is 1410. The van der Waals surface area contributed by atoms with Crippen LogP contribution in [0.1, 0.15) is 28.9 Å². The van der Waals surface area contributed by atoms with Gasteiger partial charge in [-0.05, 0) is 35.9 Å². The molecule has 184 valence electrons. The van der Waals surface area contributed by atoms with E-state index in [2.05, 4.69) is 16.3 Å². The first-order valence-electron chi connectivity index (χ1n) is 12.2. The van der Waals surface area contributed by atoms with Crippen molar-refractivity contribution in [3.8, 4) is 0 Å².